The van der Waals surface area contributed by atoms with E-state index in [1.54, 1.807) is 30.3 Å². The molecule has 3 rings (SSSR count). The molecule has 94 valence electrons. The van der Waals surface area contributed by atoms with Crippen molar-refractivity contribution < 1.29 is 4.92 Å². The van der Waals surface area contributed by atoms with E-state index < -0.39 is 4.92 Å². The van der Waals surface area contributed by atoms with Crippen LogP contribution in [0.1, 0.15) is 0 Å². The first-order chi connectivity index (χ1) is 9.13. The number of pyridine rings is 1. The summed E-state index contributed by atoms with van der Waals surface area (Å²) < 4.78 is 1.39. The first-order valence-electron chi connectivity index (χ1n) is 5.50. The van der Waals surface area contributed by atoms with E-state index in [0.29, 0.717) is 17.2 Å². The number of nitro groups is 1. The van der Waals surface area contributed by atoms with Gasteiger partial charge in [0.15, 0.2) is 11.5 Å². The largest absolute Gasteiger partial charge is 0.399 e. The van der Waals surface area contributed by atoms with E-state index in [0.717, 1.165) is 5.56 Å². The smallest absolute Gasteiger partial charge is 0.287 e. The van der Waals surface area contributed by atoms with Gasteiger partial charge in [-0.3, -0.25) is 10.1 Å². The van der Waals surface area contributed by atoms with Crippen LogP contribution in [-0.4, -0.2) is 19.5 Å². The topological polar surface area (TPSA) is 99.3 Å². The second-order valence-corrected chi connectivity index (χ2v) is 4.00. The van der Waals surface area contributed by atoms with Gasteiger partial charge >= 0.3 is 0 Å². The maximum Gasteiger partial charge on any atom is 0.287 e. The normalized spacial score (nSPS) is 10.7. The molecular formula is C12H9N5O2. The average Bonchev–Trinajstić information content (AvgIpc) is 2.82. The fraction of sp³-hybridized carbons (Fsp3) is 0. The van der Waals surface area contributed by atoms with E-state index in [2.05, 4.69) is 10.1 Å². The van der Waals surface area contributed by atoms with Gasteiger partial charge in [-0.1, -0.05) is 0 Å². The molecule has 0 bridgehead atoms. The Labute approximate surface area is 107 Å². The number of fused-ring (bicyclic) bond motifs is 1. The standard InChI is InChI=1S/C12H9N5O2/c13-9-3-1-8(2-4-9)12-14-11-6-5-10(17(18)19)7-16(11)15-12/h1-7H,13H2. The minimum Gasteiger partial charge on any atom is -0.399 e. The third-order valence-electron chi connectivity index (χ3n) is 2.70. The molecular weight excluding hydrogens is 246 g/mol. The number of rotatable bonds is 2. The number of nitrogens with two attached hydrogens (primary N) is 1. The first-order valence-corrected chi connectivity index (χ1v) is 5.50. The molecule has 0 aliphatic carbocycles. The highest BCUT2D eigenvalue weighted by Gasteiger charge is 2.10. The summed E-state index contributed by atoms with van der Waals surface area (Å²) in [5.41, 5.74) is 7.60. The van der Waals surface area contributed by atoms with E-state index in [1.807, 2.05) is 0 Å². The Bertz CT molecular complexity index is 763. The molecule has 2 N–H and O–H groups in total. The summed E-state index contributed by atoms with van der Waals surface area (Å²) >= 11 is 0. The molecule has 0 unspecified atom stereocenters. The van der Waals surface area contributed by atoms with Gasteiger partial charge in [0, 0.05) is 17.3 Å². The third kappa shape index (κ3) is 1.97. The number of anilines is 1. The van der Waals surface area contributed by atoms with Crippen LogP contribution >= 0.6 is 0 Å². The zero-order chi connectivity index (χ0) is 13.4. The van der Waals surface area contributed by atoms with E-state index >= 15 is 0 Å². The van der Waals surface area contributed by atoms with Crippen molar-refractivity contribution in [1.82, 2.24) is 14.6 Å². The second kappa shape index (κ2) is 4.05. The maximum atomic E-state index is 10.7. The summed E-state index contributed by atoms with van der Waals surface area (Å²) in [5.74, 6) is 0.500. The van der Waals surface area contributed by atoms with Gasteiger partial charge < -0.3 is 5.73 Å². The van der Waals surface area contributed by atoms with Crippen molar-refractivity contribution in [3.05, 3.63) is 52.7 Å². The fourth-order valence-electron chi connectivity index (χ4n) is 1.73. The molecule has 0 spiro atoms. The van der Waals surface area contributed by atoms with Crippen molar-refractivity contribution in [2.45, 2.75) is 0 Å². The van der Waals surface area contributed by atoms with Gasteiger partial charge in [0.2, 0.25) is 0 Å². The van der Waals surface area contributed by atoms with Crippen LogP contribution in [0.4, 0.5) is 11.4 Å². The number of hydrogen-bond acceptors (Lipinski definition) is 5. The van der Waals surface area contributed by atoms with Gasteiger partial charge in [0.1, 0.15) is 6.20 Å². The van der Waals surface area contributed by atoms with Crippen LogP contribution in [0.3, 0.4) is 0 Å². The Morgan fingerprint density at radius 3 is 2.58 bits per heavy atom. The van der Waals surface area contributed by atoms with Gasteiger partial charge in [-0.25, -0.2) is 9.50 Å². The summed E-state index contributed by atoms with van der Waals surface area (Å²) in [7, 11) is 0. The van der Waals surface area contributed by atoms with Crippen LogP contribution in [0.5, 0.6) is 0 Å². The number of aromatic nitrogens is 3. The van der Waals surface area contributed by atoms with Crippen LogP contribution < -0.4 is 5.73 Å². The lowest BCUT2D eigenvalue weighted by molar-refractivity contribution is -0.385. The van der Waals surface area contributed by atoms with Crippen molar-refractivity contribution >= 4 is 17.0 Å². The Morgan fingerprint density at radius 2 is 1.89 bits per heavy atom. The van der Waals surface area contributed by atoms with Crippen LogP contribution in [0.25, 0.3) is 17.0 Å². The lowest BCUT2D eigenvalue weighted by Gasteiger charge is -1.95. The monoisotopic (exact) mass is 255 g/mol. The molecule has 0 atom stereocenters. The second-order valence-electron chi connectivity index (χ2n) is 4.00. The molecule has 2 heterocycles. The highest BCUT2D eigenvalue weighted by Crippen LogP contribution is 2.19. The molecule has 7 heteroatoms. The maximum absolute atomic E-state index is 10.7. The van der Waals surface area contributed by atoms with E-state index in [-0.39, 0.29) is 5.69 Å². The Balaban J connectivity index is 2.11. The fourth-order valence-corrected chi connectivity index (χ4v) is 1.73. The molecule has 0 saturated carbocycles. The third-order valence-corrected chi connectivity index (χ3v) is 2.70. The lowest BCUT2D eigenvalue weighted by Crippen LogP contribution is -1.93. The van der Waals surface area contributed by atoms with Crippen molar-refractivity contribution in [3.63, 3.8) is 0 Å². The predicted octanol–water partition coefficient (Wildman–Crippen LogP) is 1.89. The molecule has 0 aliphatic heterocycles. The average molecular weight is 255 g/mol. The van der Waals surface area contributed by atoms with Crippen LogP contribution in [-0.2, 0) is 0 Å². The van der Waals surface area contributed by atoms with E-state index in [1.165, 1.54) is 16.8 Å². The number of nitrogen functional groups attached to an aromatic ring is 1. The molecule has 0 radical (unpaired) electrons. The quantitative estimate of drug-likeness (QED) is 0.428. The van der Waals surface area contributed by atoms with Crippen LogP contribution in [0.15, 0.2) is 42.6 Å². The molecule has 0 amide bonds. The zero-order valence-corrected chi connectivity index (χ0v) is 9.72. The number of hydrogen-bond donors (Lipinski definition) is 1. The van der Waals surface area contributed by atoms with Gasteiger partial charge in [-0.15, -0.1) is 5.10 Å². The highest BCUT2D eigenvalue weighted by atomic mass is 16.6. The number of benzene rings is 1. The minimum atomic E-state index is -0.468. The summed E-state index contributed by atoms with van der Waals surface area (Å²) in [4.78, 5) is 14.5. The van der Waals surface area contributed by atoms with Crippen molar-refractivity contribution in [3.8, 4) is 11.4 Å². The highest BCUT2D eigenvalue weighted by molar-refractivity contribution is 5.61. The molecule has 0 aliphatic rings. The van der Waals surface area contributed by atoms with E-state index in [9.17, 15) is 10.1 Å². The van der Waals surface area contributed by atoms with Gasteiger partial charge in [0.05, 0.1) is 4.92 Å². The van der Waals surface area contributed by atoms with Crippen molar-refractivity contribution in [2.75, 3.05) is 5.73 Å². The SMILES string of the molecule is Nc1ccc(-c2nc3ccc([N+](=O)[O-])cn3n2)cc1. The van der Waals surface area contributed by atoms with Crippen molar-refractivity contribution in [1.29, 1.82) is 0 Å². The summed E-state index contributed by atoms with van der Waals surface area (Å²) in [6, 6.07) is 10.1. The molecule has 0 fully saturated rings. The van der Waals surface area contributed by atoms with Crippen LogP contribution in [0.2, 0.25) is 0 Å². The summed E-state index contributed by atoms with van der Waals surface area (Å²) in [6.45, 7) is 0. The number of nitrogens with zero attached hydrogens (tertiary/aromatic N) is 4. The van der Waals surface area contributed by atoms with E-state index in [4.69, 9.17) is 5.73 Å². The van der Waals surface area contributed by atoms with Gasteiger partial charge in [0.25, 0.3) is 5.69 Å². The Kier molecular flexibility index (Phi) is 2.38. The molecule has 19 heavy (non-hydrogen) atoms. The first kappa shape index (κ1) is 11.1. The molecule has 1 aromatic carbocycles. The Morgan fingerprint density at radius 1 is 1.16 bits per heavy atom. The predicted molar refractivity (Wildman–Crippen MR) is 69.5 cm³/mol. The summed E-state index contributed by atoms with van der Waals surface area (Å²) in [5, 5.41) is 14.9. The molecule has 7 nitrogen and oxygen atoms in total. The zero-order valence-electron chi connectivity index (χ0n) is 9.72. The molecule has 2 aromatic heterocycles. The molecule has 3 aromatic rings. The lowest BCUT2D eigenvalue weighted by atomic mass is 10.2. The Hall–Kier alpha value is -2.96. The van der Waals surface area contributed by atoms with Gasteiger partial charge in [-0.05, 0) is 30.3 Å². The summed E-state index contributed by atoms with van der Waals surface area (Å²) in [6.07, 6.45) is 1.34. The minimum absolute atomic E-state index is 0.0266. The van der Waals surface area contributed by atoms with Crippen molar-refractivity contribution in [2.24, 2.45) is 0 Å². The van der Waals surface area contributed by atoms with Gasteiger partial charge in [-0.2, -0.15) is 0 Å². The van der Waals surface area contributed by atoms with Crippen LogP contribution in [0, 0.1) is 10.1 Å². The molecule has 0 saturated heterocycles.